The molecule has 5 nitrogen and oxygen atoms in total. The molecule has 380 valence electrons. The van der Waals surface area contributed by atoms with E-state index in [0.29, 0.717) is 0 Å². The molecular weight excluding hydrogens is 967 g/mol. The third kappa shape index (κ3) is 14.3. The minimum absolute atomic E-state index is 0. The summed E-state index contributed by atoms with van der Waals surface area (Å²) < 4.78 is 0. The predicted molar refractivity (Wildman–Crippen MR) is 320 cm³/mol. The van der Waals surface area contributed by atoms with Crippen molar-refractivity contribution < 1.29 is 16.5 Å². The first-order valence-corrected chi connectivity index (χ1v) is 26.5. The standard InChI is InChI=1S/2C24H20B.C18H24N4.C2H3N.Ni/c2*1-5-13-21(14-6-1)25(22-15-7-2-8-16-22,23-17-9-3-10-18-23)24-19-11-4-12-20-24;1-3-9-19-17(7-1)15-21-11-5-13-22(14-6-12-21)16-18-8-2-4-10-20-18;1-2-3;/h2*1-20H;1-4,7-10H,5-6,11-16H2;1H3;/q2*-1;;;+2. The third-order valence-corrected chi connectivity index (χ3v) is 14.5. The van der Waals surface area contributed by atoms with E-state index in [0.717, 1.165) is 39.3 Å². The fourth-order valence-corrected chi connectivity index (χ4v) is 11.3. The van der Waals surface area contributed by atoms with Crippen LogP contribution < -0.4 is 43.7 Å². The molecule has 1 fully saturated rings. The van der Waals surface area contributed by atoms with E-state index in [1.165, 1.54) is 74.9 Å². The molecule has 3 heterocycles. The molecule has 2 aromatic heterocycles. The summed E-state index contributed by atoms with van der Waals surface area (Å²) in [7, 11) is 0. The van der Waals surface area contributed by atoms with Crippen molar-refractivity contribution in [2.75, 3.05) is 26.2 Å². The Kier molecular flexibility index (Phi) is 21.9. The van der Waals surface area contributed by atoms with E-state index >= 15 is 0 Å². The Balaban J connectivity index is 0.000000161. The van der Waals surface area contributed by atoms with Gasteiger partial charge in [0.15, 0.2) is 0 Å². The largest absolute Gasteiger partial charge is 2.00 e. The molecule has 0 amide bonds. The summed E-state index contributed by atoms with van der Waals surface area (Å²) >= 11 is 0. The number of hydrogen-bond acceptors (Lipinski definition) is 5. The molecule has 76 heavy (non-hydrogen) atoms. The minimum Gasteiger partial charge on any atom is -0.297 e. The van der Waals surface area contributed by atoms with Crippen molar-refractivity contribution in [1.29, 1.82) is 5.26 Å². The maximum absolute atomic E-state index is 7.32. The van der Waals surface area contributed by atoms with E-state index in [4.69, 9.17) is 5.26 Å². The van der Waals surface area contributed by atoms with Crippen LogP contribution >= 0.6 is 0 Å². The van der Waals surface area contributed by atoms with Gasteiger partial charge in [-0.25, -0.2) is 0 Å². The van der Waals surface area contributed by atoms with Crippen molar-refractivity contribution in [2.45, 2.75) is 32.9 Å². The van der Waals surface area contributed by atoms with Crippen LogP contribution in [0.25, 0.3) is 0 Å². The molecule has 1 aliphatic rings. The van der Waals surface area contributed by atoms with Gasteiger partial charge in [-0.3, -0.25) is 19.8 Å². The molecular formula is C68H67B2N5Ni. The van der Waals surface area contributed by atoms with E-state index < -0.39 is 12.3 Å². The average Bonchev–Trinajstić information content (AvgIpc) is 3.52. The normalized spacial score (nSPS) is 12.6. The summed E-state index contributed by atoms with van der Waals surface area (Å²) in [6.07, 6.45) is 3.75. The van der Waals surface area contributed by atoms with Gasteiger partial charge in [-0.05, 0) is 63.3 Å². The molecule has 8 aromatic carbocycles. The molecule has 8 heteroatoms. The summed E-state index contributed by atoms with van der Waals surface area (Å²) in [5.41, 5.74) is 13.1. The van der Waals surface area contributed by atoms with Gasteiger partial charge in [0.25, 0.3) is 0 Å². The van der Waals surface area contributed by atoms with Gasteiger partial charge in [-0.1, -0.05) is 255 Å². The molecule has 0 atom stereocenters. The first-order chi connectivity index (χ1) is 37.2. The topological polar surface area (TPSA) is 56.1 Å². The van der Waals surface area contributed by atoms with Gasteiger partial charge in [-0.2, -0.15) is 49.0 Å². The zero-order chi connectivity index (χ0) is 51.6. The zero-order valence-corrected chi connectivity index (χ0v) is 44.6. The van der Waals surface area contributed by atoms with Crippen molar-refractivity contribution in [3.05, 3.63) is 303 Å². The molecule has 0 aliphatic carbocycles. The number of nitriles is 1. The second kappa shape index (κ2) is 29.8. The summed E-state index contributed by atoms with van der Waals surface area (Å²) in [5, 5.41) is 7.32. The van der Waals surface area contributed by atoms with Crippen LogP contribution in [0.15, 0.2) is 291 Å². The molecule has 1 saturated heterocycles. The van der Waals surface area contributed by atoms with E-state index in [1.807, 2.05) is 24.5 Å². The smallest absolute Gasteiger partial charge is 0.297 e. The van der Waals surface area contributed by atoms with Crippen LogP contribution in [0.2, 0.25) is 0 Å². The number of benzene rings is 8. The van der Waals surface area contributed by atoms with Crippen molar-refractivity contribution in [1.82, 2.24) is 19.8 Å². The van der Waals surface area contributed by atoms with Crippen LogP contribution in [0.5, 0.6) is 0 Å². The number of nitrogens with zero attached hydrogens (tertiary/aromatic N) is 5. The maximum Gasteiger partial charge on any atom is 2.00 e. The fraction of sp³-hybridized carbons (Fsp3) is 0.132. The van der Waals surface area contributed by atoms with Gasteiger partial charge in [0.2, 0.25) is 0 Å². The fourth-order valence-electron chi connectivity index (χ4n) is 11.3. The van der Waals surface area contributed by atoms with E-state index in [2.05, 4.69) is 287 Å². The van der Waals surface area contributed by atoms with E-state index in [9.17, 15) is 0 Å². The number of hydrogen-bond donors (Lipinski definition) is 0. The van der Waals surface area contributed by atoms with Crippen molar-refractivity contribution >= 4 is 56.0 Å². The summed E-state index contributed by atoms with van der Waals surface area (Å²) in [6.45, 7) is 7.97. The van der Waals surface area contributed by atoms with Crippen molar-refractivity contribution in [3.63, 3.8) is 0 Å². The van der Waals surface area contributed by atoms with Crippen LogP contribution in [0.4, 0.5) is 0 Å². The van der Waals surface area contributed by atoms with Gasteiger partial charge in [-0.15, -0.1) is 0 Å². The average molecular weight is 1030 g/mol. The zero-order valence-electron chi connectivity index (χ0n) is 43.6. The molecule has 0 radical (unpaired) electrons. The van der Waals surface area contributed by atoms with Gasteiger partial charge in [0.05, 0.1) is 17.5 Å². The van der Waals surface area contributed by atoms with Crippen LogP contribution in [0.3, 0.4) is 0 Å². The minimum atomic E-state index is -1.22. The van der Waals surface area contributed by atoms with Crippen molar-refractivity contribution in [3.8, 4) is 6.07 Å². The van der Waals surface area contributed by atoms with Crippen LogP contribution in [-0.2, 0) is 29.6 Å². The summed E-state index contributed by atoms with van der Waals surface area (Å²) in [5.74, 6) is 0. The summed E-state index contributed by atoms with van der Waals surface area (Å²) in [4.78, 5) is 13.9. The van der Waals surface area contributed by atoms with Gasteiger partial charge in [0, 0.05) is 32.4 Å². The maximum atomic E-state index is 7.32. The Labute approximate surface area is 462 Å². The quantitative estimate of drug-likeness (QED) is 0.114. The Morgan fingerprint density at radius 3 is 0.684 bits per heavy atom. The molecule has 0 saturated carbocycles. The Bertz CT molecular complexity index is 2610. The first kappa shape index (κ1) is 55.8. The van der Waals surface area contributed by atoms with Gasteiger partial charge in [0.1, 0.15) is 12.3 Å². The van der Waals surface area contributed by atoms with E-state index in [-0.39, 0.29) is 16.5 Å². The third-order valence-electron chi connectivity index (χ3n) is 14.5. The SMILES string of the molecule is CC#N.[Ni+2].c1ccc(CN2CCCN(Cc3ccccn3)CCC2)nc1.c1ccc([B-](c2ccccc2)(c2ccccc2)c2ccccc2)cc1.c1ccc([B-](c2ccccc2)(c2ccccc2)c2ccccc2)cc1. The first-order valence-electron chi connectivity index (χ1n) is 26.5. The number of pyridine rings is 2. The molecule has 0 N–H and O–H groups in total. The molecule has 10 aromatic rings. The Morgan fingerprint density at radius 2 is 0.513 bits per heavy atom. The van der Waals surface area contributed by atoms with Crippen LogP contribution in [-0.4, -0.2) is 58.2 Å². The number of rotatable bonds is 12. The Morgan fingerprint density at radius 1 is 0.329 bits per heavy atom. The molecule has 0 unspecified atom stereocenters. The number of aromatic nitrogens is 2. The van der Waals surface area contributed by atoms with Crippen molar-refractivity contribution in [2.24, 2.45) is 0 Å². The van der Waals surface area contributed by atoms with Gasteiger partial charge < -0.3 is 0 Å². The summed E-state index contributed by atoms with van der Waals surface area (Å²) in [6, 6.07) is 101. The van der Waals surface area contributed by atoms with Gasteiger partial charge >= 0.3 is 16.5 Å². The Hall–Kier alpha value is -7.91. The second-order valence-electron chi connectivity index (χ2n) is 19.1. The molecule has 0 spiro atoms. The molecule has 0 bridgehead atoms. The predicted octanol–water partition coefficient (Wildman–Crippen LogP) is 9.23. The molecule has 1 aliphatic heterocycles. The van der Waals surface area contributed by atoms with Crippen LogP contribution in [0, 0.1) is 11.3 Å². The van der Waals surface area contributed by atoms with E-state index in [1.54, 1.807) is 6.07 Å². The monoisotopic (exact) mass is 1030 g/mol. The van der Waals surface area contributed by atoms with Crippen LogP contribution in [0.1, 0.15) is 31.2 Å². The molecule has 11 rings (SSSR count). The second-order valence-corrected chi connectivity index (χ2v) is 19.1.